The SMILES string of the molecule is N[C@H](c1c(F)ccc(Cl)c1F)C(F)(F)F. The average molecular weight is 246 g/mol. The highest BCUT2D eigenvalue weighted by Gasteiger charge is 2.41. The quantitative estimate of drug-likeness (QED) is 0.597. The molecule has 15 heavy (non-hydrogen) atoms. The van der Waals surface area contributed by atoms with Crippen LogP contribution in [0.4, 0.5) is 22.0 Å². The van der Waals surface area contributed by atoms with Gasteiger partial charge in [0, 0.05) is 0 Å². The molecule has 0 amide bonds. The summed E-state index contributed by atoms with van der Waals surface area (Å²) in [6.45, 7) is 0. The first kappa shape index (κ1) is 12.2. The number of benzene rings is 1. The normalized spacial score (nSPS) is 14.1. The van der Waals surface area contributed by atoms with Gasteiger partial charge in [-0.2, -0.15) is 13.2 Å². The summed E-state index contributed by atoms with van der Waals surface area (Å²) in [7, 11) is 0. The van der Waals surface area contributed by atoms with Crippen molar-refractivity contribution in [2.24, 2.45) is 5.73 Å². The summed E-state index contributed by atoms with van der Waals surface area (Å²) in [6.07, 6.45) is -4.92. The van der Waals surface area contributed by atoms with Gasteiger partial charge in [-0.05, 0) is 12.1 Å². The van der Waals surface area contributed by atoms with Crippen molar-refractivity contribution in [3.63, 3.8) is 0 Å². The third-order valence-corrected chi connectivity index (χ3v) is 2.03. The highest BCUT2D eigenvalue weighted by Crippen LogP contribution is 2.35. The molecule has 1 atom stereocenters. The van der Waals surface area contributed by atoms with Gasteiger partial charge in [-0.1, -0.05) is 11.6 Å². The van der Waals surface area contributed by atoms with Gasteiger partial charge in [-0.15, -0.1) is 0 Å². The van der Waals surface area contributed by atoms with Crippen molar-refractivity contribution >= 4 is 11.6 Å². The molecule has 1 rings (SSSR count). The molecule has 0 unspecified atom stereocenters. The maximum absolute atomic E-state index is 13.1. The summed E-state index contributed by atoms with van der Waals surface area (Å²) in [5, 5.41) is -0.605. The summed E-state index contributed by atoms with van der Waals surface area (Å²) in [5.41, 5.74) is 3.41. The van der Waals surface area contributed by atoms with Crippen molar-refractivity contribution in [1.29, 1.82) is 0 Å². The van der Waals surface area contributed by atoms with Crippen LogP contribution in [-0.2, 0) is 0 Å². The van der Waals surface area contributed by atoms with E-state index >= 15 is 0 Å². The van der Waals surface area contributed by atoms with Crippen molar-refractivity contribution in [3.8, 4) is 0 Å². The maximum Gasteiger partial charge on any atom is 0.407 e. The predicted octanol–water partition coefficient (Wildman–Crippen LogP) is 3.18. The second kappa shape index (κ2) is 3.94. The van der Waals surface area contributed by atoms with Gasteiger partial charge in [0.25, 0.3) is 0 Å². The zero-order chi connectivity index (χ0) is 11.8. The fourth-order valence-electron chi connectivity index (χ4n) is 0.992. The van der Waals surface area contributed by atoms with E-state index in [1.165, 1.54) is 0 Å². The lowest BCUT2D eigenvalue weighted by atomic mass is 10.1. The van der Waals surface area contributed by atoms with E-state index in [0.29, 0.717) is 6.07 Å². The largest absolute Gasteiger partial charge is 0.407 e. The fraction of sp³-hybridized carbons (Fsp3) is 0.250. The number of halogens is 6. The van der Waals surface area contributed by atoms with Gasteiger partial charge >= 0.3 is 6.18 Å². The highest BCUT2D eigenvalue weighted by molar-refractivity contribution is 6.30. The minimum atomic E-state index is -4.92. The molecule has 84 valence electrons. The van der Waals surface area contributed by atoms with E-state index < -0.39 is 34.4 Å². The van der Waals surface area contributed by atoms with Crippen LogP contribution in [0.3, 0.4) is 0 Å². The summed E-state index contributed by atoms with van der Waals surface area (Å²) < 4.78 is 62.4. The standard InChI is InChI=1S/C8H5ClF5N/c9-3-1-2-4(10)5(6(3)11)7(15)8(12,13)14/h1-2,7H,15H2/t7-/m1/s1. The van der Waals surface area contributed by atoms with Crippen LogP contribution < -0.4 is 5.73 Å². The smallest absolute Gasteiger partial charge is 0.316 e. The zero-order valence-corrected chi connectivity index (χ0v) is 7.83. The third-order valence-electron chi connectivity index (χ3n) is 1.74. The first-order valence-electron chi connectivity index (χ1n) is 3.71. The van der Waals surface area contributed by atoms with Crippen LogP contribution >= 0.6 is 11.6 Å². The van der Waals surface area contributed by atoms with Gasteiger partial charge in [0.15, 0.2) is 0 Å². The Morgan fingerprint density at radius 3 is 2.20 bits per heavy atom. The molecule has 0 aliphatic rings. The molecule has 0 aromatic heterocycles. The summed E-state index contributed by atoms with van der Waals surface area (Å²) in [4.78, 5) is 0. The molecule has 0 aliphatic heterocycles. The van der Waals surface area contributed by atoms with E-state index in [-0.39, 0.29) is 0 Å². The van der Waals surface area contributed by atoms with Crippen molar-refractivity contribution in [1.82, 2.24) is 0 Å². The Hall–Kier alpha value is -0.880. The van der Waals surface area contributed by atoms with E-state index in [2.05, 4.69) is 5.73 Å². The van der Waals surface area contributed by atoms with Crippen molar-refractivity contribution in [2.75, 3.05) is 0 Å². The van der Waals surface area contributed by atoms with Crippen LogP contribution in [0, 0.1) is 11.6 Å². The van der Waals surface area contributed by atoms with E-state index in [1.54, 1.807) is 0 Å². The topological polar surface area (TPSA) is 26.0 Å². The van der Waals surface area contributed by atoms with Crippen LogP contribution in [0.25, 0.3) is 0 Å². The van der Waals surface area contributed by atoms with Crippen molar-refractivity contribution in [3.05, 3.63) is 34.4 Å². The highest BCUT2D eigenvalue weighted by atomic mass is 35.5. The summed E-state index contributed by atoms with van der Waals surface area (Å²) in [6, 6.07) is -1.28. The Kier molecular flexibility index (Phi) is 3.20. The molecule has 0 saturated heterocycles. The number of nitrogens with two attached hydrogens (primary N) is 1. The molecule has 0 spiro atoms. The molecular formula is C8H5ClF5N. The second-order valence-electron chi connectivity index (χ2n) is 2.78. The Bertz CT molecular complexity index is 376. The van der Waals surface area contributed by atoms with Gasteiger partial charge in [0.05, 0.1) is 10.6 Å². The molecule has 0 heterocycles. The molecule has 1 aromatic carbocycles. The second-order valence-corrected chi connectivity index (χ2v) is 3.18. The molecule has 0 radical (unpaired) electrons. The summed E-state index contributed by atoms with van der Waals surface area (Å²) in [5.74, 6) is -2.86. The molecule has 0 aliphatic carbocycles. The Morgan fingerprint density at radius 1 is 1.20 bits per heavy atom. The van der Waals surface area contributed by atoms with Gasteiger partial charge < -0.3 is 5.73 Å². The molecule has 1 aromatic rings. The van der Waals surface area contributed by atoms with Gasteiger partial charge in [-0.3, -0.25) is 0 Å². The Morgan fingerprint density at radius 2 is 1.73 bits per heavy atom. The van der Waals surface area contributed by atoms with Crippen molar-refractivity contribution in [2.45, 2.75) is 12.2 Å². The average Bonchev–Trinajstić information content (AvgIpc) is 2.10. The first-order valence-corrected chi connectivity index (χ1v) is 4.08. The Labute approximate surface area is 86.6 Å². The van der Waals surface area contributed by atoms with Crippen LogP contribution in [-0.4, -0.2) is 6.18 Å². The number of rotatable bonds is 1. The lowest BCUT2D eigenvalue weighted by molar-refractivity contribution is -0.150. The van der Waals surface area contributed by atoms with Gasteiger partial charge in [0.2, 0.25) is 0 Å². The lowest BCUT2D eigenvalue weighted by Gasteiger charge is -2.17. The zero-order valence-electron chi connectivity index (χ0n) is 7.08. The van der Waals surface area contributed by atoms with Crippen LogP contribution in [0.15, 0.2) is 12.1 Å². The number of hydrogen-bond donors (Lipinski definition) is 1. The molecule has 7 heteroatoms. The van der Waals surface area contributed by atoms with Gasteiger partial charge in [0.1, 0.15) is 17.7 Å². The van der Waals surface area contributed by atoms with Gasteiger partial charge in [-0.25, -0.2) is 8.78 Å². The number of hydrogen-bond acceptors (Lipinski definition) is 1. The molecule has 0 fully saturated rings. The molecule has 2 N–H and O–H groups in total. The predicted molar refractivity (Wildman–Crippen MR) is 44.4 cm³/mol. The first-order chi connectivity index (χ1) is 6.75. The lowest BCUT2D eigenvalue weighted by Crippen LogP contribution is -2.30. The molecule has 1 nitrogen and oxygen atoms in total. The number of alkyl halides is 3. The van der Waals surface area contributed by atoms with Crippen molar-refractivity contribution < 1.29 is 22.0 Å². The monoisotopic (exact) mass is 245 g/mol. The van der Waals surface area contributed by atoms with E-state index in [4.69, 9.17) is 11.6 Å². The summed E-state index contributed by atoms with van der Waals surface area (Å²) >= 11 is 5.22. The Balaban J connectivity index is 3.31. The fourth-order valence-corrected chi connectivity index (χ4v) is 1.16. The molecule has 0 bridgehead atoms. The van der Waals surface area contributed by atoms with E-state index in [0.717, 1.165) is 6.07 Å². The van der Waals surface area contributed by atoms with E-state index in [9.17, 15) is 22.0 Å². The minimum Gasteiger partial charge on any atom is -0.316 e. The van der Waals surface area contributed by atoms with Crippen LogP contribution in [0.5, 0.6) is 0 Å². The maximum atomic E-state index is 13.1. The van der Waals surface area contributed by atoms with Crippen LogP contribution in [0.1, 0.15) is 11.6 Å². The van der Waals surface area contributed by atoms with Crippen LogP contribution in [0.2, 0.25) is 5.02 Å². The minimum absolute atomic E-state index is 0.605. The third kappa shape index (κ3) is 2.38. The molecule has 0 saturated carbocycles. The molecular weight excluding hydrogens is 241 g/mol. The van der Waals surface area contributed by atoms with E-state index in [1.807, 2.05) is 0 Å².